The summed E-state index contributed by atoms with van der Waals surface area (Å²) in [6.07, 6.45) is 8.25. The maximum absolute atomic E-state index is 12.3. The van der Waals surface area contributed by atoms with E-state index in [1.807, 2.05) is 0 Å². The van der Waals surface area contributed by atoms with Crippen LogP contribution in [0.25, 0.3) is 0 Å². The Labute approximate surface area is 151 Å². The smallest absolute Gasteiger partial charge is 0.230 e. The van der Waals surface area contributed by atoms with Gasteiger partial charge < -0.3 is 5.32 Å². The average molecular weight is 382 g/mol. The van der Waals surface area contributed by atoms with Crippen LogP contribution in [0.15, 0.2) is 0 Å². The van der Waals surface area contributed by atoms with E-state index >= 15 is 0 Å². The first kappa shape index (κ1) is 16.2. The van der Waals surface area contributed by atoms with Gasteiger partial charge in [0.2, 0.25) is 11.0 Å². The molecule has 5 aliphatic rings. The lowest BCUT2D eigenvalue weighted by atomic mass is 9.50. The number of carbonyl (C=O) groups excluding carboxylic acids is 1. The molecule has 0 radical (unpaired) electrons. The lowest BCUT2D eigenvalue weighted by Gasteiger charge is -2.55. The number of nitrogens with one attached hydrogen (secondary N) is 1. The molecule has 4 saturated carbocycles. The first-order valence-corrected chi connectivity index (χ1v) is 11.9. The van der Waals surface area contributed by atoms with Crippen LogP contribution in [-0.4, -0.2) is 36.0 Å². The lowest BCUT2D eigenvalue weighted by Crippen LogP contribution is -2.48. The van der Waals surface area contributed by atoms with Crippen LogP contribution in [0.4, 0.5) is 5.13 Å². The molecule has 6 rings (SSSR count). The van der Waals surface area contributed by atoms with Crippen LogP contribution >= 0.6 is 11.3 Å². The number of nitrogens with zero attached hydrogens (tertiary/aromatic N) is 2. The molecule has 5 fully saturated rings. The van der Waals surface area contributed by atoms with Crippen LogP contribution in [0.5, 0.6) is 0 Å². The SMILES string of the molecule is O=C(Nc1nnc(C23CC4CC(CC(C4)C2)C3)s1)C1CCS(=O)(=O)C1. The minimum Gasteiger partial charge on any atom is -0.300 e. The maximum atomic E-state index is 12.3. The fourth-order valence-corrected chi connectivity index (χ4v) is 8.78. The Morgan fingerprint density at radius 1 is 1.08 bits per heavy atom. The van der Waals surface area contributed by atoms with Crippen molar-refractivity contribution in [1.82, 2.24) is 10.2 Å². The quantitative estimate of drug-likeness (QED) is 0.868. The Morgan fingerprint density at radius 2 is 1.72 bits per heavy atom. The van der Waals surface area contributed by atoms with Crippen LogP contribution in [0.3, 0.4) is 0 Å². The molecule has 1 amide bonds. The second-order valence-corrected chi connectivity index (χ2v) is 11.9. The van der Waals surface area contributed by atoms with Crippen molar-refractivity contribution in [3.05, 3.63) is 5.01 Å². The van der Waals surface area contributed by atoms with E-state index in [-0.39, 0.29) is 22.8 Å². The molecule has 6 nitrogen and oxygen atoms in total. The molecule has 1 aromatic rings. The Kier molecular flexibility index (Phi) is 3.55. The number of hydrogen-bond donors (Lipinski definition) is 1. The predicted molar refractivity (Wildman–Crippen MR) is 95.1 cm³/mol. The van der Waals surface area contributed by atoms with E-state index in [4.69, 9.17) is 0 Å². The van der Waals surface area contributed by atoms with Crippen LogP contribution in [-0.2, 0) is 20.0 Å². The van der Waals surface area contributed by atoms with Crippen LogP contribution in [0.1, 0.15) is 50.0 Å². The zero-order valence-corrected chi connectivity index (χ0v) is 15.7. The number of carbonyl (C=O) groups is 1. The van der Waals surface area contributed by atoms with Crippen molar-refractivity contribution in [2.75, 3.05) is 16.8 Å². The summed E-state index contributed by atoms with van der Waals surface area (Å²) in [5.41, 5.74) is 0.187. The number of aromatic nitrogens is 2. The Bertz CT molecular complexity index is 782. The number of hydrogen-bond acceptors (Lipinski definition) is 6. The van der Waals surface area contributed by atoms with Gasteiger partial charge in [-0.2, -0.15) is 0 Å². The molecule has 1 atom stereocenters. The number of sulfone groups is 1. The Morgan fingerprint density at radius 3 is 2.28 bits per heavy atom. The third kappa shape index (κ3) is 2.81. The maximum Gasteiger partial charge on any atom is 0.230 e. The third-order valence-corrected chi connectivity index (χ3v) is 9.60. The monoisotopic (exact) mass is 381 g/mol. The first-order chi connectivity index (χ1) is 11.9. The van der Waals surface area contributed by atoms with Gasteiger partial charge in [-0.3, -0.25) is 4.79 Å². The van der Waals surface area contributed by atoms with Gasteiger partial charge in [0.05, 0.1) is 17.4 Å². The van der Waals surface area contributed by atoms with Gasteiger partial charge in [-0.15, -0.1) is 10.2 Å². The summed E-state index contributed by atoms with van der Waals surface area (Å²) in [4.78, 5) is 12.3. The van der Waals surface area contributed by atoms with Crippen molar-refractivity contribution in [2.24, 2.45) is 23.7 Å². The fourth-order valence-electron chi connectivity index (χ4n) is 6.07. The summed E-state index contributed by atoms with van der Waals surface area (Å²) < 4.78 is 23.1. The zero-order chi connectivity index (χ0) is 17.2. The van der Waals surface area contributed by atoms with Crippen LogP contribution in [0.2, 0.25) is 0 Å². The standard InChI is InChI=1S/C17H23N3O3S2/c21-14(13-1-2-25(22,23)9-13)18-16-20-19-15(24-16)17-6-10-3-11(7-17)5-12(4-10)8-17/h10-13H,1-9H2,(H,18,20,21). The van der Waals surface area contributed by atoms with Crippen molar-refractivity contribution in [3.63, 3.8) is 0 Å². The van der Waals surface area contributed by atoms with Crippen molar-refractivity contribution in [2.45, 2.75) is 50.4 Å². The molecule has 1 N–H and O–H groups in total. The van der Waals surface area contributed by atoms with Crippen LogP contribution in [0, 0.1) is 23.7 Å². The first-order valence-electron chi connectivity index (χ1n) is 9.26. The van der Waals surface area contributed by atoms with Gasteiger partial charge in [-0.05, 0) is 62.7 Å². The summed E-state index contributed by atoms with van der Waals surface area (Å²) in [6.45, 7) is 0. The third-order valence-electron chi connectivity index (χ3n) is 6.75. The van der Waals surface area contributed by atoms with Gasteiger partial charge >= 0.3 is 0 Å². The van der Waals surface area contributed by atoms with Crippen molar-refractivity contribution >= 4 is 32.2 Å². The molecule has 4 aliphatic carbocycles. The molecular formula is C17H23N3O3S2. The highest BCUT2D eigenvalue weighted by Gasteiger charge is 2.53. The summed E-state index contributed by atoms with van der Waals surface area (Å²) in [5, 5.41) is 13.1. The topological polar surface area (TPSA) is 89.0 Å². The molecule has 1 aromatic heterocycles. The number of anilines is 1. The number of amides is 1. The molecule has 2 heterocycles. The largest absolute Gasteiger partial charge is 0.300 e. The molecule has 1 saturated heterocycles. The Hall–Kier alpha value is -1.02. The van der Waals surface area contributed by atoms with Crippen LogP contribution < -0.4 is 5.32 Å². The van der Waals surface area contributed by atoms with E-state index in [2.05, 4.69) is 15.5 Å². The van der Waals surface area contributed by atoms with E-state index in [1.54, 1.807) is 0 Å². The molecule has 1 unspecified atom stereocenters. The van der Waals surface area contributed by atoms with Crippen molar-refractivity contribution < 1.29 is 13.2 Å². The molecule has 25 heavy (non-hydrogen) atoms. The average Bonchev–Trinajstić information content (AvgIpc) is 3.13. The lowest BCUT2D eigenvalue weighted by molar-refractivity contribution is -0.119. The highest BCUT2D eigenvalue weighted by Crippen LogP contribution is 2.61. The highest BCUT2D eigenvalue weighted by molar-refractivity contribution is 7.91. The summed E-state index contributed by atoms with van der Waals surface area (Å²) in [5.74, 6) is 1.93. The fraction of sp³-hybridized carbons (Fsp3) is 0.824. The molecule has 4 bridgehead atoms. The normalized spacial score (nSPS) is 41.1. The molecule has 1 aliphatic heterocycles. The summed E-state index contributed by atoms with van der Waals surface area (Å²) in [7, 11) is -3.05. The van der Waals surface area contributed by atoms with Gasteiger partial charge in [0, 0.05) is 5.41 Å². The van der Waals surface area contributed by atoms with Gasteiger partial charge in [0.25, 0.3) is 0 Å². The molecular weight excluding hydrogens is 358 g/mol. The van der Waals surface area contributed by atoms with Crippen molar-refractivity contribution in [3.8, 4) is 0 Å². The second-order valence-electron chi connectivity index (χ2n) is 8.70. The van der Waals surface area contributed by atoms with E-state index in [1.165, 1.54) is 49.9 Å². The van der Waals surface area contributed by atoms with E-state index in [0.717, 1.165) is 22.8 Å². The Balaban J connectivity index is 1.32. The predicted octanol–water partition coefficient (Wildman–Crippen LogP) is 2.38. The molecule has 8 heteroatoms. The molecule has 136 valence electrons. The minimum atomic E-state index is -3.05. The molecule has 0 spiro atoms. The summed E-state index contributed by atoms with van der Waals surface area (Å²) in [6, 6.07) is 0. The molecule has 0 aromatic carbocycles. The van der Waals surface area contributed by atoms with Gasteiger partial charge in [-0.25, -0.2) is 8.42 Å². The van der Waals surface area contributed by atoms with E-state index < -0.39 is 15.8 Å². The number of rotatable bonds is 3. The highest BCUT2D eigenvalue weighted by atomic mass is 32.2. The second kappa shape index (κ2) is 5.49. The zero-order valence-electron chi connectivity index (χ0n) is 14.1. The van der Waals surface area contributed by atoms with E-state index in [0.29, 0.717) is 11.6 Å². The van der Waals surface area contributed by atoms with Gasteiger partial charge in [0.1, 0.15) is 5.01 Å². The minimum absolute atomic E-state index is 0.0422. The van der Waals surface area contributed by atoms with Gasteiger partial charge in [0.15, 0.2) is 9.84 Å². The summed E-state index contributed by atoms with van der Waals surface area (Å²) >= 11 is 1.50. The van der Waals surface area contributed by atoms with Crippen molar-refractivity contribution in [1.29, 1.82) is 0 Å². The van der Waals surface area contributed by atoms with E-state index in [9.17, 15) is 13.2 Å². The van der Waals surface area contributed by atoms with Gasteiger partial charge in [-0.1, -0.05) is 11.3 Å².